The second kappa shape index (κ2) is 8.38. The summed E-state index contributed by atoms with van der Waals surface area (Å²) in [6.07, 6.45) is 0.789. The molecule has 0 atom stereocenters. The molecule has 0 unspecified atom stereocenters. The van der Waals surface area contributed by atoms with Crippen molar-refractivity contribution in [1.29, 1.82) is 0 Å². The van der Waals surface area contributed by atoms with Crippen LogP contribution in [0.1, 0.15) is 26.3 Å². The number of carbonyl (C=O) groups is 1. The number of hydrogen-bond donors (Lipinski definition) is 0. The Hall–Kier alpha value is -0.930. The summed E-state index contributed by atoms with van der Waals surface area (Å²) >= 11 is 11.6. The zero-order valence-corrected chi connectivity index (χ0v) is 13.7. The van der Waals surface area contributed by atoms with Gasteiger partial charge in [-0.25, -0.2) is 0 Å². The highest BCUT2D eigenvalue weighted by atomic mass is 35.5. The number of amides is 1. The fraction of sp³-hybridized carbons (Fsp3) is 0.533. The van der Waals surface area contributed by atoms with Crippen LogP contribution in [0.2, 0.25) is 0 Å². The molecule has 0 spiro atoms. The molecule has 0 saturated carbocycles. The lowest BCUT2D eigenvalue weighted by molar-refractivity contribution is -0.116. The summed E-state index contributed by atoms with van der Waals surface area (Å²) in [7, 11) is 0. The molecule has 5 heteroatoms. The Labute approximate surface area is 130 Å². The molecule has 0 aliphatic heterocycles. The number of nitrogens with zero attached hydrogens (tertiary/aromatic N) is 1. The zero-order chi connectivity index (χ0) is 15.1. The molecule has 1 aromatic carbocycles. The number of alkyl halides is 2. The highest BCUT2D eigenvalue weighted by molar-refractivity contribution is 6.31. The number of hydrogen-bond acceptors (Lipinski definition) is 2. The van der Waals surface area contributed by atoms with Gasteiger partial charge in [0.05, 0.1) is 12.3 Å². The van der Waals surface area contributed by atoms with Crippen LogP contribution in [0.5, 0.6) is 5.75 Å². The second-order valence-electron chi connectivity index (χ2n) is 4.90. The fourth-order valence-electron chi connectivity index (χ4n) is 1.86. The van der Waals surface area contributed by atoms with E-state index in [2.05, 4.69) is 13.8 Å². The first-order chi connectivity index (χ1) is 9.54. The summed E-state index contributed by atoms with van der Waals surface area (Å²) in [4.78, 5) is 13.4. The molecular weight excluding hydrogens is 297 g/mol. The van der Waals surface area contributed by atoms with Crippen LogP contribution in [0, 0.1) is 5.92 Å². The minimum atomic E-state index is -0.225. The van der Waals surface area contributed by atoms with Gasteiger partial charge in [-0.05, 0) is 24.0 Å². The predicted octanol–water partition coefficient (Wildman–Crippen LogP) is 4.05. The van der Waals surface area contributed by atoms with Crippen LogP contribution >= 0.6 is 23.2 Å². The minimum absolute atomic E-state index is 0.0562. The van der Waals surface area contributed by atoms with Gasteiger partial charge in [-0.2, -0.15) is 0 Å². The van der Waals surface area contributed by atoms with Crippen LogP contribution in [0.25, 0.3) is 0 Å². The average molecular weight is 318 g/mol. The molecule has 0 fully saturated rings. The highest BCUT2D eigenvalue weighted by Gasteiger charge is 2.21. The van der Waals surface area contributed by atoms with Gasteiger partial charge in [-0.1, -0.05) is 32.9 Å². The molecule has 112 valence electrons. The SMILES string of the molecule is CCc1cccc(OCC(C)C)c1N(CCl)C(=O)CCl. The van der Waals surface area contributed by atoms with Crippen molar-refractivity contribution in [2.24, 2.45) is 5.92 Å². The van der Waals surface area contributed by atoms with Gasteiger partial charge >= 0.3 is 0 Å². The van der Waals surface area contributed by atoms with Crippen molar-refractivity contribution in [3.8, 4) is 5.75 Å². The third-order valence-electron chi connectivity index (χ3n) is 2.84. The second-order valence-corrected chi connectivity index (χ2v) is 5.40. The number of ether oxygens (including phenoxy) is 1. The Kier molecular flexibility index (Phi) is 7.17. The molecule has 0 N–H and O–H groups in total. The van der Waals surface area contributed by atoms with Crippen molar-refractivity contribution in [3.05, 3.63) is 23.8 Å². The molecule has 0 aliphatic carbocycles. The van der Waals surface area contributed by atoms with Gasteiger partial charge < -0.3 is 4.74 Å². The van der Waals surface area contributed by atoms with Crippen LogP contribution in [-0.4, -0.2) is 24.4 Å². The molecule has 20 heavy (non-hydrogen) atoms. The zero-order valence-electron chi connectivity index (χ0n) is 12.2. The van der Waals surface area contributed by atoms with Gasteiger partial charge in [-0.3, -0.25) is 9.69 Å². The quantitative estimate of drug-likeness (QED) is 0.561. The van der Waals surface area contributed by atoms with Crippen LogP contribution in [0.15, 0.2) is 18.2 Å². The summed E-state index contributed by atoms with van der Waals surface area (Å²) < 4.78 is 5.82. The van der Waals surface area contributed by atoms with E-state index < -0.39 is 0 Å². The molecule has 0 aliphatic rings. The molecule has 1 amide bonds. The van der Waals surface area contributed by atoms with Crippen molar-refractivity contribution in [2.75, 3.05) is 23.4 Å². The van der Waals surface area contributed by atoms with Crippen LogP contribution in [-0.2, 0) is 11.2 Å². The smallest absolute Gasteiger partial charge is 0.243 e. The third-order valence-corrected chi connectivity index (χ3v) is 3.31. The van der Waals surface area contributed by atoms with Gasteiger partial charge in [0, 0.05) is 0 Å². The molecule has 0 saturated heterocycles. The summed E-state index contributed by atoms with van der Waals surface area (Å²) in [5.41, 5.74) is 1.75. The lowest BCUT2D eigenvalue weighted by atomic mass is 10.1. The normalized spacial score (nSPS) is 10.7. The number of carbonyl (C=O) groups excluding carboxylic acids is 1. The van der Waals surface area contributed by atoms with Gasteiger partial charge in [0.2, 0.25) is 5.91 Å². The van der Waals surface area contributed by atoms with Crippen molar-refractivity contribution in [3.63, 3.8) is 0 Å². The van der Waals surface area contributed by atoms with E-state index in [1.54, 1.807) is 0 Å². The molecule has 3 nitrogen and oxygen atoms in total. The van der Waals surface area contributed by atoms with Gasteiger partial charge in [0.15, 0.2) is 0 Å². The lowest BCUT2D eigenvalue weighted by Crippen LogP contribution is -2.32. The summed E-state index contributed by atoms with van der Waals surface area (Å²) in [5.74, 6) is 0.754. The Bertz CT molecular complexity index is 449. The molecule has 0 heterocycles. The molecule has 0 radical (unpaired) electrons. The predicted molar refractivity (Wildman–Crippen MR) is 85.1 cm³/mol. The van der Waals surface area contributed by atoms with Crippen LogP contribution in [0.3, 0.4) is 0 Å². The first kappa shape index (κ1) is 17.1. The molecule has 1 aromatic rings. The topological polar surface area (TPSA) is 29.5 Å². The van der Waals surface area contributed by atoms with Crippen molar-refractivity contribution in [2.45, 2.75) is 27.2 Å². The number of aryl methyl sites for hydroxylation is 1. The Morgan fingerprint density at radius 3 is 2.55 bits per heavy atom. The number of rotatable bonds is 7. The minimum Gasteiger partial charge on any atom is -0.491 e. The maximum absolute atomic E-state index is 12.0. The maximum atomic E-state index is 12.0. The summed E-state index contributed by atoms with van der Waals surface area (Å²) in [5, 5.41) is 0. The van der Waals surface area contributed by atoms with Gasteiger partial charge in [-0.15, -0.1) is 23.2 Å². The number of para-hydroxylation sites is 1. The summed E-state index contributed by atoms with van der Waals surface area (Å²) in [6.45, 7) is 6.77. The van der Waals surface area contributed by atoms with Crippen molar-refractivity contribution >= 4 is 34.8 Å². The van der Waals surface area contributed by atoms with E-state index in [0.29, 0.717) is 18.3 Å². The lowest BCUT2D eigenvalue weighted by Gasteiger charge is -2.25. The number of benzene rings is 1. The monoisotopic (exact) mass is 317 g/mol. The highest BCUT2D eigenvalue weighted by Crippen LogP contribution is 2.33. The standard InChI is InChI=1S/C15H21Cl2NO2/c1-4-12-6-5-7-13(20-9-11(2)3)15(12)18(10-17)14(19)8-16/h5-7,11H,4,8-10H2,1-3H3. The Balaban J connectivity index is 3.20. The largest absolute Gasteiger partial charge is 0.491 e. The van der Waals surface area contributed by atoms with E-state index in [1.165, 1.54) is 4.90 Å². The molecular formula is C15H21Cl2NO2. The summed E-state index contributed by atoms with van der Waals surface area (Å²) in [6, 6.07) is 5.81. The van der Waals surface area contributed by atoms with Gasteiger partial charge in [0.25, 0.3) is 0 Å². The molecule has 1 rings (SSSR count). The van der Waals surface area contributed by atoms with E-state index in [0.717, 1.165) is 17.7 Å². The van der Waals surface area contributed by atoms with E-state index in [1.807, 2.05) is 25.1 Å². The fourth-order valence-corrected chi connectivity index (χ4v) is 2.25. The molecule has 0 bridgehead atoms. The first-order valence-corrected chi connectivity index (χ1v) is 7.79. The van der Waals surface area contributed by atoms with E-state index in [4.69, 9.17) is 27.9 Å². The molecule has 0 aromatic heterocycles. The van der Waals surface area contributed by atoms with E-state index in [-0.39, 0.29) is 17.8 Å². The van der Waals surface area contributed by atoms with Crippen LogP contribution < -0.4 is 9.64 Å². The van der Waals surface area contributed by atoms with E-state index >= 15 is 0 Å². The van der Waals surface area contributed by atoms with Crippen LogP contribution in [0.4, 0.5) is 5.69 Å². The maximum Gasteiger partial charge on any atom is 0.243 e. The van der Waals surface area contributed by atoms with E-state index in [9.17, 15) is 4.79 Å². The number of halogens is 2. The van der Waals surface area contributed by atoms with Gasteiger partial charge in [0.1, 0.15) is 17.6 Å². The van der Waals surface area contributed by atoms with Crippen molar-refractivity contribution in [1.82, 2.24) is 0 Å². The Morgan fingerprint density at radius 2 is 2.05 bits per heavy atom. The third kappa shape index (κ3) is 4.29. The number of anilines is 1. The Morgan fingerprint density at radius 1 is 1.35 bits per heavy atom. The average Bonchev–Trinajstić information content (AvgIpc) is 2.46. The first-order valence-electron chi connectivity index (χ1n) is 6.72. The van der Waals surface area contributed by atoms with Crippen molar-refractivity contribution < 1.29 is 9.53 Å².